The van der Waals surface area contributed by atoms with E-state index in [1.165, 1.54) is 6.42 Å². The molecule has 0 saturated carbocycles. The van der Waals surface area contributed by atoms with Gasteiger partial charge >= 0.3 is 0 Å². The summed E-state index contributed by atoms with van der Waals surface area (Å²) in [5.74, 6) is 0. The van der Waals surface area contributed by atoms with Gasteiger partial charge in [0, 0.05) is 13.2 Å². The van der Waals surface area contributed by atoms with Crippen LogP contribution in [-0.2, 0) is 17.8 Å². The molecule has 2 heterocycles. The highest BCUT2D eigenvalue weighted by Crippen LogP contribution is 2.15. The molecule has 1 aliphatic heterocycles. The van der Waals surface area contributed by atoms with Gasteiger partial charge in [-0.1, -0.05) is 5.21 Å². The average Bonchev–Trinajstić information content (AvgIpc) is 2.83. The third-order valence-electron chi connectivity index (χ3n) is 2.82. The molecule has 0 spiro atoms. The molecule has 0 aliphatic carbocycles. The fourth-order valence-corrected chi connectivity index (χ4v) is 1.88. The largest absolute Gasteiger partial charge is 0.376 e. The number of rotatable bonds is 4. The highest BCUT2D eigenvalue weighted by molar-refractivity contribution is 5.07. The Balaban J connectivity index is 2.01. The first kappa shape index (κ1) is 10.6. The van der Waals surface area contributed by atoms with E-state index in [-0.39, 0.29) is 0 Å². The van der Waals surface area contributed by atoms with Gasteiger partial charge in [-0.05, 0) is 26.8 Å². The van der Waals surface area contributed by atoms with Crippen molar-refractivity contribution in [1.82, 2.24) is 20.3 Å². The summed E-state index contributed by atoms with van der Waals surface area (Å²) in [6, 6.07) is 0. The lowest BCUT2D eigenvalue weighted by atomic mass is 10.2. The van der Waals surface area contributed by atoms with Crippen molar-refractivity contribution in [2.45, 2.75) is 39.0 Å². The van der Waals surface area contributed by atoms with Crippen molar-refractivity contribution in [2.24, 2.45) is 0 Å². The molecule has 1 aromatic rings. The minimum Gasteiger partial charge on any atom is -0.376 e. The fraction of sp³-hybridized carbons (Fsp3) is 0.800. The third kappa shape index (κ3) is 2.35. The molecule has 5 heteroatoms. The Morgan fingerprint density at radius 2 is 2.47 bits per heavy atom. The molecule has 0 bridgehead atoms. The molecule has 1 atom stereocenters. The molecule has 1 N–H and O–H groups in total. The van der Waals surface area contributed by atoms with Crippen LogP contribution in [0.1, 0.15) is 24.2 Å². The molecule has 1 unspecified atom stereocenters. The normalized spacial score (nSPS) is 21.1. The van der Waals surface area contributed by atoms with Crippen molar-refractivity contribution >= 4 is 0 Å². The molecule has 1 aromatic heterocycles. The molecule has 0 amide bonds. The summed E-state index contributed by atoms with van der Waals surface area (Å²) < 4.78 is 7.52. The second kappa shape index (κ2) is 4.72. The van der Waals surface area contributed by atoms with Crippen molar-refractivity contribution < 1.29 is 4.74 Å². The van der Waals surface area contributed by atoms with Crippen LogP contribution in [0, 0.1) is 6.92 Å². The SMILES string of the molecule is CNCc1nnn(CC2CCCO2)c1C. The molecule has 15 heavy (non-hydrogen) atoms. The van der Waals surface area contributed by atoms with Crippen molar-refractivity contribution in [3.05, 3.63) is 11.4 Å². The lowest BCUT2D eigenvalue weighted by Crippen LogP contribution is -2.17. The van der Waals surface area contributed by atoms with Crippen LogP contribution in [0.25, 0.3) is 0 Å². The Labute approximate surface area is 89.8 Å². The van der Waals surface area contributed by atoms with Gasteiger partial charge in [-0.15, -0.1) is 5.10 Å². The van der Waals surface area contributed by atoms with Gasteiger partial charge in [0.1, 0.15) is 0 Å². The molecule has 1 aliphatic rings. The van der Waals surface area contributed by atoms with Gasteiger partial charge in [0.05, 0.1) is 24.0 Å². The predicted molar refractivity (Wildman–Crippen MR) is 56.5 cm³/mol. The van der Waals surface area contributed by atoms with E-state index in [1.54, 1.807) is 0 Å². The van der Waals surface area contributed by atoms with Crippen LogP contribution >= 0.6 is 0 Å². The Morgan fingerprint density at radius 3 is 3.13 bits per heavy atom. The Bertz CT molecular complexity index is 317. The van der Waals surface area contributed by atoms with Crippen LogP contribution < -0.4 is 5.32 Å². The minimum absolute atomic E-state index is 0.327. The van der Waals surface area contributed by atoms with E-state index in [0.717, 1.165) is 37.5 Å². The van der Waals surface area contributed by atoms with Crippen molar-refractivity contribution in [1.29, 1.82) is 0 Å². The van der Waals surface area contributed by atoms with Crippen LogP contribution in [0.3, 0.4) is 0 Å². The van der Waals surface area contributed by atoms with E-state index in [2.05, 4.69) is 22.6 Å². The molecule has 0 aromatic carbocycles. The summed E-state index contributed by atoms with van der Waals surface area (Å²) in [6.07, 6.45) is 2.63. The summed E-state index contributed by atoms with van der Waals surface area (Å²) in [4.78, 5) is 0. The molecule has 0 radical (unpaired) electrons. The summed E-state index contributed by atoms with van der Waals surface area (Å²) in [5, 5.41) is 11.4. The number of hydrogen-bond acceptors (Lipinski definition) is 4. The van der Waals surface area contributed by atoms with E-state index in [0.29, 0.717) is 6.10 Å². The molecular weight excluding hydrogens is 192 g/mol. The highest BCUT2D eigenvalue weighted by Gasteiger charge is 2.18. The second-order valence-corrected chi connectivity index (χ2v) is 3.97. The smallest absolute Gasteiger partial charge is 0.0993 e. The molecule has 84 valence electrons. The maximum atomic E-state index is 5.58. The Kier molecular flexibility index (Phi) is 3.33. The number of hydrogen-bond donors (Lipinski definition) is 1. The lowest BCUT2D eigenvalue weighted by molar-refractivity contribution is 0.0929. The fourth-order valence-electron chi connectivity index (χ4n) is 1.88. The van der Waals surface area contributed by atoms with Gasteiger partial charge in [-0.25, -0.2) is 4.68 Å². The average molecular weight is 210 g/mol. The number of nitrogens with zero attached hydrogens (tertiary/aromatic N) is 3. The predicted octanol–water partition coefficient (Wildman–Crippen LogP) is 0.485. The zero-order valence-electron chi connectivity index (χ0n) is 9.36. The highest BCUT2D eigenvalue weighted by atomic mass is 16.5. The Morgan fingerprint density at radius 1 is 1.60 bits per heavy atom. The summed E-state index contributed by atoms with van der Waals surface area (Å²) in [5.41, 5.74) is 2.16. The van der Waals surface area contributed by atoms with E-state index >= 15 is 0 Å². The lowest BCUT2D eigenvalue weighted by Gasteiger charge is -2.09. The van der Waals surface area contributed by atoms with Gasteiger partial charge < -0.3 is 10.1 Å². The number of aromatic nitrogens is 3. The van der Waals surface area contributed by atoms with Crippen LogP contribution in [0.2, 0.25) is 0 Å². The van der Waals surface area contributed by atoms with Gasteiger partial charge in [-0.3, -0.25) is 0 Å². The van der Waals surface area contributed by atoms with E-state index in [1.807, 2.05) is 11.7 Å². The first-order chi connectivity index (χ1) is 7.31. The van der Waals surface area contributed by atoms with Gasteiger partial charge in [-0.2, -0.15) is 0 Å². The third-order valence-corrected chi connectivity index (χ3v) is 2.82. The van der Waals surface area contributed by atoms with Gasteiger partial charge in [0.2, 0.25) is 0 Å². The van der Waals surface area contributed by atoms with Crippen molar-refractivity contribution in [3.8, 4) is 0 Å². The zero-order valence-corrected chi connectivity index (χ0v) is 9.36. The van der Waals surface area contributed by atoms with Crippen molar-refractivity contribution in [2.75, 3.05) is 13.7 Å². The second-order valence-electron chi connectivity index (χ2n) is 3.97. The van der Waals surface area contributed by atoms with E-state index in [4.69, 9.17) is 4.74 Å². The molecular formula is C10H18N4O. The number of ether oxygens (including phenoxy) is 1. The van der Waals surface area contributed by atoms with Crippen LogP contribution in [0.15, 0.2) is 0 Å². The monoisotopic (exact) mass is 210 g/mol. The molecule has 1 saturated heterocycles. The van der Waals surface area contributed by atoms with Gasteiger partial charge in [0.25, 0.3) is 0 Å². The standard InChI is InChI=1S/C10H18N4O/c1-8-10(6-11-2)12-13-14(8)7-9-4-3-5-15-9/h9,11H,3-7H2,1-2H3. The maximum absolute atomic E-state index is 5.58. The summed E-state index contributed by atoms with van der Waals surface area (Å²) >= 11 is 0. The van der Waals surface area contributed by atoms with E-state index in [9.17, 15) is 0 Å². The van der Waals surface area contributed by atoms with Crippen molar-refractivity contribution in [3.63, 3.8) is 0 Å². The first-order valence-electron chi connectivity index (χ1n) is 5.46. The molecule has 1 fully saturated rings. The van der Waals surface area contributed by atoms with E-state index < -0.39 is 0 Å². The minimum atomic E-state index is 0.327. The van der Waals surface area contributed by atoms with Crippen LogP contribution in [0.4, 0.5) is 0 Å². The zero-order chi connectivity index (χ0) is 10.7. The number of nitrogens with one attached hydrogen (secondary N) is 1. The Hall–Kier alpha value is -0.940. The summed E-state index contributed by atoms with van der Waals surface area (Å²) in [7, 11) is 1.92. The summed E-state index contributed by atoms with van der Waals surface area (Å²) in [6.45, 7) is 4.56. The molecule has 5 nitrogen and oxygen atoms in total. The van der Waals surface area contributed by atoms with Crippen LogP contribution in [0.5, 0.6) is 0 Å². The van der Waals surface area contributed by atoms with Gasteiger partial charge in [0.15, 0.2) is 0 Å². The quantitative estimate of drug-likeness (QED) is 0.785. The maximum Gasteiger partial charge on any atom is 0.0993 e. The topological polar surface area (TPSA) is 52.0 Å². The first-order valence-corrected chi connectivity index (χ1v) is 5.46. The van der Waals surface area contributed by atoms with Crippen LogP contribution in [-0.4, -0.2) is 34.8 Å². The molecule has 2 rings (SSSR count).